The molecule has 1 heterocycles. The summed E-state index contributed by atoms with van der Waals surface area (Å²) >= 11 is 1.28. The lowest BCUT2D eigenvalue weighted by Gasteiger charge is -2.04. The van der Waals surface area contributed by atoms with Crippen molar-refractivity contribution in [2.24, 2.45) is 0 Å². The third-order valence-corrected chi connectivity index (χ3v) is 2.89. The van der Waals surface area contributed by atoms with Gasteiger partial charge in [-0.3, -0.25) is 10.1 Å². The number of phenolic OH excluding ortho intramolecular Hbond substituents is 1. The second-order valence-electron chi connectivity index (χ2n) is 3.36. The van der Waals surface area contributed by atoms with Crippen LogP contribution in [0.4, 0.5) is 9.52 Å². The van der Waals surface area contributed by atoms with Gasteiger partial charge in [0.05, 0.1) is 0 Å². The first-order valence-electron chi connectivity index (χ1n) is 4.79. The van der Waals surface area contributed by atoms with Crippen molar-refractivity contribution in [1.82, 2.24) is 4.98 Å². The van der Waals surface area contributed by atoms with Crippen LogP contribution in [-0.2, 0) is 0 Å². The lowest BCUT2D eigenvalue weighted by Crippen LogP contribution is -2.13. The monoisotopic (exact) mass is 252 g/mol. The van der Waals surface area contributed by atoms with Crippen LogP contribution in [0.5, 0.6) is 5.75 Å². The first-order chi connectivity index (χ1) is 8.08. The number of nitrogens with one attached hydrogen (secondary N) is 1. The summed E-state index contributed by atoms with van der Waals surface area (Å²) < 4.78 is 13.4. The molecule has 2 N–H and O–H groups in total. The van der Waals surface area contributed by atoms with Gasteiger partial charge >= 0.3 is 0 Å². The van der Waals surface area contributed by atoms with Gasteiger partial charge in [0.15, 0.2) is 5.13 Å². The minimum atomic E-state index is -0.768. The lowest BCUT2D eigenvalue weighted by atomic mass is 10.2. The number of nitrogens with zero attached hydrogens (tertiary/aromatic N) is 1. The average molecular weight is 252 g/mol. The minimum absolute atomic E-state index is 0.371. The van der Waals surface area contributed by atoms with Gasteiger partial charge < -0.3 is 5.11 Å². The fourth-order valence-electron chi connectivity index (χ4n) is 1.31. The molecule has 6 heteroatoms. The summed E-state index contributed by atoms with van der Waals surface area (Å²) in [5, 5.41) is 12.2. The number of rotatable bonds is 2. The van der Waals surface area contributed by atoms with Gasteiger partial charge in [-0.1, -0.05) is 6.07 Å². The van der Waals surface area contributed by atoms with Gasteiger partial charge in [0.2, 0.25) is 0 Å². The molecule has 2 rings (SSSR count). The van der Waals surface area contributed by atoms with E-state index < -0.39 is 17.5 Å². The molecule has 1 aromatic heterocycles. The summed E-state index contributed by atoms with van der Waals surface area (Å²) in [6, 6.07) is 3.70. The highest BCUT2D eigenvalue weighted by molar-refractivity contribution is 7.15. The minimum Gasteiger partial charge on any atom is -0.507 e. The molecule has 1 amide bonds. The summed E-state index contributed by atoms with van der Waals surface area (Å²) in [6.07, 6.45) is 1.60. The van der Waals surface area contributed by atoms with E-state index in [1.54, 1.807) is 6.20 Å². The molecule has 2 aromatic rings. The largest absolute Gasteiger partial charge is 0.507 e. The number of carbonyl (C=O) groups excluding carboxylic acids is 1. The van der Waals surface area contributed by atoms with Crippen molar-refractivity contribution < 1.29 is 14.3 Å². The van der Waals surface area contributed by atoms with E-state index in [0.29, 0.717) is 5.13 Å². The molecule has 4 nitrogen and oxygen atoms in total. The van der Waals surface area contributed by atoms with E-state index in [2.05, 4.69) is 10.3 Å². The van der Waals surface area contributed by atoms with Crippen LogP contribution in [0.1, 0.15) is 15.2 Å². The summed E-state index contributed by atoms with van der Waals surface area (Å²) in [4.78, 5) is 16.6. The van der Waals surface area contributed by atoms with Crippen molar-refractivity contribution in [3.8, 4) is 5.75 Å². The third-order valence-electron chi connectivity index (χ3n) is 2.06. The van der Waals surface area contributed by atoms with E-state index in [0.717, 1.165) is 10.9 Å². The van der Waals surface area contributed by atoms with Crippen molar-refractivity contribution in [2.45, 2.75) is 6.92 Å². The number of hydrogen-bond acceptors (Lipinski definition) is 4. The number of anilines is 1. The predicted molar refractivity (Wildman–Crippen MR) is 62.9 cm³/mol. The Labute approximate surface area is 101 Å². The van der Waals surface area contributed by atoms with Gasteiger partial charge in [0, 0.05) is 11.1 Å². The molecular weight excluding hydrogens is 243 g/mol. The van der Waals surface area contributed by atoms with Crippen LogP contribution in [0.2, 0.25) is 0 Å². The number of amides is 1. The zero-order valence-electron chi connectivity index (χ0n) is 8.90. The fourth-order valence-corrected chi connectivity index (χ4v) is 1.97. The van der Waals surface area contributed by atoms with Gasteiger partial charge in [-0.05, 0) is 19.1 Å². The number of hydrogen-bond donors (Lipinski definition) is 2. The van der Waals surface area contributed by atoms with Gasteiger partial charge in [0.25, 0.3) is 5.91 Å². The summed E-state index contributed by atoms with van der Waals surface area (Å²) in [5.74, 6) is -1.87. The van der Waals surface area contributed by atoms with Gasteiger partial charge in [0.1, 0.15) is 17.1 Å². The Balaban J connectivity index is 2.26. The average Bonchev–Trinajstić information content (AvgIpc) is 2.63. The molecule has 1 aromatic carbocycles. The Morgan fingerprint density at radius 2 is 2.29 bits per heavy atom. The summed E-state index contributed by atoms with van der Waals surface area (Å²) in [7, 11) is 0. The normalized spacial score (nSPS) is 10.2. The van der Waals surface area contributed by atoms with Crippen molar-refractivity contribution in [3.63, 3.8) is 0 Å². The Morgan fingerprint density at radius 1 is 1.53 bits per heavy atom. The molecule has 0 saturated heterocycles. The smallest absolute Gasteiger partial charge is 0.264 e. The number of benzene rings is 1. The Morgan fingerprint density at radius 3 is 2.88 bits per heavy atom. The zero-order chi connectivity index (χ0) is 12.4. The van der Waals surface area contributed by atoms with Gasteiger partial charge in [-0.25, -0.2) is 9.37 Å². The van der Waals surface area contributed by atoms with E-state index in [-0.39, 0.29) is 5.56 Å². The molecule has 0 fully saturated rings. The van der Waals surface area contributed by atoms with Crippen molar-refractivity contribution in [3.05, 3.63) is 40.7 Å². The zero-order valence-corrected chi connectivity index (χ0v) is 9.71. The van der Waals surface area contributed by atoms with Crippen LogP contribution < -0.4 is 5.32 Å². The molecule has 17 heavy (non-hydrogen) atoms. The first kappa shape index (κ1) is 11.5. The van der Waals surface area contributed by atoms with Crippen LogP contribution >= 0.6 is 11.3 Å². The van der Waals surface area contributed by atoms with E-state index in [4.69, 9.17) is 0 Å². The van der Waals surface area contributed by atoms with Crippen LogP contribution in [0.25, 0.3) is 0 Å². The standard InChI is InChI=1S/C11H9FN2O2S/c1-6-5-13-11(17-6)14-10(16)9-7(12)3-2-4-8(9)15/h2-5,15H,1H3,(H,13,14,16). The summed E-state index contributed by atoms with van der Waals surface area (Å²) in [6.45, 7) is 1.84. The molecule has 0 unspecified atom stereocenters. The topological polar surface area (TPSA) is 62.2 Å². The Kier molecular flexibility index (Phi) is 3.06. The Bertz CT molecular complexity index is 548. The number of thiazole rings is 1. The van der Waals surface area contributed by atoms with Crippen molar-refractivity contribution in [1.29, 1.82) is 0 Å². The maximum absolute atomic E-state index is 13.4. The number of carbonyl (C=O) groups is 1. The molecule has 0 aliphatic carbocycles. The number of aromatic hydroxyl groups is 1. The van der Waals surface area contributed by atoms with Crippen LogP contribution in [0, 0.1) is 12.7 Å². The number of phenols is 1. The molecule has 0 radical (unpaired) electrons. The number of aromatic nitrogens is 1. The third kappa shape index (κ3) is 2.42. The highest BCUT2D eigenvalue weighted by atomic mass is 32.1. The van der Waals surface area contributed by atoms with E-state index in [1.807, 2.05) is 6.92 Å². The van der Waals surface area contributed by atoms with Gasteiger partial charge in [-0.15, -0.1) is 11.3 Å². The quantitative estimate of drug-likeness (QED) is 0.863. The predicted octanol–water partition coefficient (Wildman–Crippen LogP) is 2.55. The van der Waals surface area contributed by atoms with Crippen LogP contribution in [0.3, 0.4) is 0 Å². The van der Waals surface area contributed by atoms with E-state index in [9.17, 15) is 14.3 Å². The highest BCUT2D eigenvalue weighted by Gasteiger charge is 2.17. The second-order valence-corrected chi connectivity index (χ2v) is 4.60. The first-order valence-corrected chi connectivity index (χ1v) is 5.61. The summed E-state index contributed by atoms with van der Waals surface area (Å²) in [5.41, 5.74) is -0.375. The maximum atomic E-state index is 13.4. The van der Waals surface area contributed by atoms with Crippen molar-refractivity contribution >= 4 is 22.4 Å². The number of aryl methyl sites for hydroxylation is 1. The van der Waals surface area contributed by atoms with E-state index >= 15 is 0 Å². The number of halogens is 1. The molecule has 0 aliphatic heterocycles. The van der Waals surface area contributed by atoms with Gasteiger partial charge in [-0.2, -0.15) is 0 Å². The maximum Gasteiger partial charge on any atom is 0.264 e. The molecule has 0 aliphatic rings. The molecule has 0 atom stereocenters. The molecule has 0 spiro atoms. The van der Waals surface area contributed by atoms with Crippen molar-refractivity contribution in [2.75, 3.05) is 5.32 Å². The Hall–Kier alpha value is -1.95. The molecule has 0 bridgehead atoms. The van der Waals surface area contributed by atoms with Crippen LogP contribution in [-0.4, -0.2) is 16.0 Å². The SMILES string of the molecule is Cc1cnc(NC(=O)c2c(O)cccc2F)s1. The second kappa shape index (κ2) is 4.50. The van der Waals surface area contributed by atoms with Crippen LogP contribution in [0.15, 0.2) is 24.4 Å². The highest BCUT2D eigenvalue weighted by Crippen LogP contribution is 2.23. The molecule has 0 saturated carbocycles. The fraction of sp³-hybridized carbons (Fsp3) is 0.0909. The molecule has 88 valence electrons. The lowest BCUT2D eigenvalue weighted by molar-refractivity contribution is 0.102. The van der Waals surface area contributed by atoms with E-state index in [1.165, 1.54) is 23.5 Å². The molecular formula is C11H9FN2O2S.